The summed E-state index contributed by atoms with van der Waals surface area (Å²) >= 11 is 0. The second-order valence-corrected chi connectivity index (χ2v) is 8.43. The van der Waals surface area contributed by atoms with Crippen LogP contribution in [0.1, 0.15) is 29.2 Å². The van der Waals surface area contributed by atoms with E-state index in [4.69, 9.17) is 9.47 Å². The van der Waals surface area contributed by atoms with Gasteiger partial charge in [-0.15, -0.1) is 6.58 Å². The minimum Gasteiger partial charge on any atom is -0.490 e. The number of urea groups is 1. The molecule has 0 radical (unpaired) electrons. The van der Waals surface area contributed by atoms with Crippen molar-refractivity contribution in [1.82, 2.24) is 5.32 Å². The Morgan fingerprint density at radius 1 is 1.05 bits per heavy atom. The van der Waals surface area contributed by atoms with Crippen LogP contribution in [0.15, 0.2) is 78.9 Å². The summed E-state index contributed by atoms with van der Waals surface area (Å²) < 4.78 is 25.7. The number of hydrogen-bond donors (Lipinski definition) is 1. The van der Waals surface area contributed by atoms with Crippen molar-refractivity contribution in [3.05, 3.63) is 107 Å². The summed E-state index contributed by atoms with van der Waals surface area (Å²) in [5, 5.41) is 11.5. The predicted octanol–water partition coefficient (Wildman–Crippen LogP) is 5.07. The fourth-order valence-corrected chi connectivity index (χ4v) is 4.08. The van der Waals surface area contributed by atoms with E-state index in [1.165, 1.54) is 24.3 Å². The smallest absolute Gasteiger partial charge is 0.335 e. The van der Waals surface area contributed by atoms with Gasteiger partial charge < -0.3 is 9.47 Å². The lowest BCUT2D eigenvalue weighted by Gasteiger charge is -2.26. The van der Waals surface area contributed by atoms with Gasteiger partial charge in [0.2, 0.25) is 0 Å². The molecule has 0 atom stereocenters. The first-order chi connectivity index (χ1) is 18.9. The van der Waals surface area contributed by atoms with E-state index in [2.05, 4.69) is 18.0 Å². The molecule has 3 aromatic carbocycles. The number of benzene rings is 3. The van der Waals surface area contributed by atoms with Crippen LogP contribution in [0.25, 0.3) is 6.08 Å². The SMILES string of the molecule is C=CCc1cc(/C=C2\C(=O)NC(=O)N(c3cccc(F)c3)C2=O)cc(OCC)c1OCc1ccccc1C#N. The lowest BCUT2D eigenvalue weighted by molar-refractivity contribution is -0.122. The Bertz CT molecular complexity index is 1540. The van der Waals surface area contributed by atoms with Crippen molar-refractivity contribution in [2.45, 2.75) is 20.0 Å². The van der Waals surface area contributed by atoms with Crippen LogP contribution < -0.4 is 19.7 Å². The normalized spacial score (nSPS) is 14.1. The predicted molar refractivity (Wildman–Crippen MR) is 142 cm³/mol. The molecule has 1 heterocycles. The van der Waals surface area contributed by atoms with E-state index in [1.54, 1.807) is 43.3 Å². The monoisotopic (exact) mass is 525 g/mol. The van der Waals surface area contributed by atoms with Gasteiger partial charge in [-0.3, -0.25) is 14.9 Å². The number of amides is 4. The zero-order valence-corrected chi connectivity index (χ0v) is 21.1. The number of nitrogens with zero attached hydrogens (tertiary/aromatic N) is 2. The van der Waals surface area contributed by atoms with Crippen LogP contribution in [0.3, 0.4) is 0 Å². The zero-order chi connectivity index (χ0) is 27.9. The van der Waals surface area contributed by atoms with E-state index >= 15 is 0 Å². The Kier molecular flexibility index (Phi) is 8.17. The van der Waals surface area contributed by atoms with Gasteiger partial charge in [0.1, 0.15) is 18.0 Å². The third kappa shape index (κ3) is 5.86. The molecule has 0 saturated carbocycles. The lowest BCUT2D eigenvalue weighted by atomic mass is 10.0. The molecule has 9 heteroatoms. The number of ether oxygens (including phenoxy) is 2. The van der Waals surface area contributed by atoms with Gasteiger partial charge in [-0.2, -0.15) is 5.26 Å². The van der Waals surface area contributed by atoms with E-state index in [9.17, 15) is 24.0 Å². The highest BCUT2D eigenvalue weighted by Crippen LogP contribution is 2.36. The van der Waals surface area contributed by atoms with E-state index < -0.39 is 23.7 Å². The maximum absolute atomic E-state index is 13.8. The van der Waals surface area contributed by atoms with E-state index in [1.807, 2.05) is 6.07 Å². The summed E-state index contributed by atoms with van der Waals surface area (Å²) in [6, 6.07) is 16.5. The lowest BCUT2D eigenvalue weighted by Crippen LogP contribution is -2.54. The molecule has 0 spiro atoms. The highest BCUT2D eigenvalue weighted by Gasteiger charge is 2.37. The minimum absolute atomic E-state index is 0.0142. The van der Waals surface area contributed by atoms with Crippen molar-refractivity contribution in [2.75, 3.05) is 11.5 Å². The average molecular weight is 526 g/mol. The number of halogens is 1. The summed E-state index contributed by atoms with van der Waals surface area (Å²) in [5.41, 5.74) is 1.96. The fraction of sp³-hybridized carbons (Fsp3) is 0.133. The molecular formula is C30H24FN3O5. The van der Waals surface area contributed by atoms with Crippen molar-refractivity contribution in [1.29, 1.82) is 5.26 Å². The average Bonchev–Trinajstić information content (AvgIpc) is 2.91. The summed E-state index contributed by atoms with van der Waals surface area (Å²) in [6.07, 6.45) is 3.38. The summed E-state index contributed by atoms with van der Waals surface area (Å²) in [6.45, 7) is 6.01. The van der Waals surface area contributed by atoms with Crippen LogP contribution in [0.2, 0.25) is 0 Å². The first-order valence-corrected chi connectivity index (χ1v) is 12.0. The van der Waals surface area contributed by atoms with E-state index in [0.717, 1.165) is 6.07 Å². The van der Waals surface area contributed by atoms with Gasteiger partial charge in [0.25, 0.3) is 11.8 Å². The number of nitrogens with one attached hydrogen (secondary N) is 1. The molecule has 4 amide bonds. The van der Waals surface area contributed by atoms with Gasteiger partial charge in [-0.25, -0.2) is 14.1 Å². The molecule has 8 nitrogen and oxygen atoms in total. The molecule has 39 heavy (non-hydrogen) atoms. The number of anilines is 1. The van der Waals surface area contributed by atoms with Crippen LogP contribution in [0.4, 0.5) is 14.9 Å². The third-order valence-corrected chi connectivity index (χ3v) is 5.81. The Balaban J connectivity index is 1.73. The van der Waals surface area contributed by atoms with Crippen molar-refractivity contribution in [3.8, 4) is 17.6 Å². The van der Waals surface area contributed by atoms with Gasteiger partial charge in [-0.05, 0) is 61.4 Å². The molecule has 0 aliphatic carbocycles. The number of imide groups is 2. The first kappa shape index (κ1) is 26.8. The van der Waals surface area contributed by atoms with Crippen LogP contribution in [-0.2, 0) is 22.6 Å². The first-order valence-electron chi connectivity index (χ1n) is 12.0. The molecule has 1 saturated heterocycles. The Labute approximate surface area is 224 Å². The fourth-order valence-electron chi connectivity index (χ4n) is 4.08. The largest absolute Gasteiger partial charge is 0.490 e. The zero-order valence-electron chi connectivity index (χ0n) is 21.1. The summed E-state index contributed by atoms with van der Waals surface area (Å²) in [5.74, 6) is -1.62. The molecule has 0 unspecified atom stereocenters. The highest BCUT2D eigenvalue weighted by atomic mass is 19.1. The number of barbiturate groups is 1. The van der Waals surface area contributed by atoms with Crippen LogP contribution in [0, 0.1) is 17.1 Å². The number of carbonyl (C=O) groups excluding carboxylic acids is 3. The quantitative estimate of drug-likeness (QED) is 0.237. The van der Waals surface area contributed by atoms with Crippen LogP contribution in [-0.4, -0.2) is 24.5 Å². The van der Waals surface area contributed by atoms with Gasteiger partial charge in [0, 0.05) is 11.1 Å². The second-order valence-electron chi connectivity index (χ2n) is 8.43. The maximum atomic E-state index is 13.8. The molecule has 1 N–H and O–H groups in total. The van der Waals surface area contributed by atoms with E-state index in [0.29, 0.717) is 51.7 Å². The number of allylic oxidation sites excluding steroid dienone is 1. The van der Waals surface area contributed by atoms with Crippen LogP contribution in [0.5, 0.6) is 11.5 Å². The molecular weight excluding hydrogens is 501 g/mol. The molecule has 4 rings (SSSR count). The maximum Gasteiger partial charge on any atom is 0.335 e. The molecule has 1 fully saturated rings. The van der Waals surface area contributed by atoms with Crippen molar-refractivity contribution >= 4 is 29.6 Å². The third-order valence-electron chi connectivity index (χ3n) is 5.81. The number of nitriles is 1. The van der Waals surface area contributed by atoms with Crippen molar-refractivity contribution in [3.63, 3.8) is 0 Å². The highest BCUT2D eigenvalue weighted by molar-refractivity contribution is 6.39. The van der Waals surface area contributed by atoms with Gasteiger partial charge in [-0.1, -0.05) is 30.3 Å². The molecule has 0 aromatic heterocycles. The van der Waals surface area contributed by atoms with Crippen molar-refractivity contribution in [2.24, 2.45) is 0 Å². The topological polar surface area (TPSA) is 109 Å². The van der Waals surface area contributed by atoms with Gasteiger partial charge >= 0.3 is 6.03 Å². The minimum atomic E-state index is -0.975. The standard InChI is InChI=1S/C30H24FN3O5/c1-3-8-20-13-19(15-26(38-4-2)27(20)39-18-22-10-6-5-9-21(22)17-32)14-25-28(35)33-30(37)34(29(25)36)24-12-7-11-23(31)16-24/h3,5-7,9-16H,1,4,8,18H2,2H3,(H,33,35,37)/b25-14+. The molecule has 1 aliphatic rings. The molecule has 3 aromatic rings. The number of carbonyl (C=O) groups is 3. The summed E-state index contributed by atoms with van der Waals surface area (Å²) in [4.78, 5) is 39.0. The van der Waals surface area contributed by atoms with Crippen LogP contribution >= 0.6 is 0 Å². The Hall–Kier alpha value is -5.23. The van der Waals surface area contributed by atoms with E-state index in [-0.39, 0.29) is 17.9 Å². The second kappa shape index (κ2) is 11.9. The Morgan fingerprint density at radius 3 is 2.56 bits per heavy atom. The molecule has 0 bridgehead atoms. The van der Waals surface area contributed by atoms with Gasteiger partial charge in [0.05, 0.1) is 23.9 Å². The number of rotatable bonds is 9. The molecule has 1 aliphatic heterocycles. The number of hydrogen-bond acceptors (Lipinski definition) is 6. The molecule has 196 valence electrons. The Morgan fingerprint density at radius 2 is 1.85 bits per heavy atom. The van der Waals surface area contributed by atoms with Crippen molar-refractivity contribution < 1.29 is 28.2 Å². The van der Waals surface area contributed by atoms with Gasteiger partial charge in [0.15, 0.2) is 11.5 Å². The summed E-state index contributed by atoms with van der Waals surface area (Å²) in [7, 11) is 0.